The summed E-state index contributed by atoms with van der Waals surface area (Å²) in [5.41, 5.74) is 5.28. The van der Waals surface area contributed by atoms with Crippen LogP contribution in [0.15, 0.2) is 0 Å². The monoisotopic (exact) mass is 376 g/mol. The number of hydrogen-bond acceptors (Lipinski definition) is 8. The van der Waals surface area contributed by atoms with Gasteiger partial charge in [-0.3, -0.25) is 19.2 Å². The maximum atomic E-state index is 11.9. The van der Waals surface area contributed by atoms with E-state index in [9.17, 15) is 19.2 Å². The van der Waals surface area contributed by atoms with E-state index in [1.807, 2.05) is 0 Å². The van der Waals surface area contributed by atoms with Crippen LogP contribution in [0.5, 0.6) is 0 Å². The van der Waals surface area contributed by atoms with Gasteiger partial charge in [0.05, 0.1) is 6.07 Å². The van der Waals surface area contributed by atoms with Gasteiger partial charge in [0.25, 0.3) is 0 Å². The fraction of sp³-hybridized carbons (Fsp3) is 0.615. The third-order valence-corrected chi connectivity index (χ3v) is 3.89. The summed E-state index contributed by atoms with van der Waals surface area (Å²) in [5, 5.41) is 39.3. The highest BCUT2D eigenvalue weighted by atomic mass is 32.2. The molecule has 0 aromatic carbocycles. The summed E-state index contributed by atoms with van der Waals surface area (Å²) in [6.07, 6.45) is -1.61. The number of carbonyl (C=O) groups is 4. The van der Waals surface area contributed by atoms with E-state index in [2.05, 4.69) is 10.6 Å². The van der Waals surface area contributed by atoms with Crippen LogP contribution < -0.4 is 16.4 Å². The normalized spacial score (nSPS) is 13.8. The van der Waals surface area contributed by atoms with Crippen molar-refractivity contribution in [1.29, 1.82) is 5.26 Å². The van der Waals surface area contributed by atoms with Gasteiger partial charge >= 0.3 is 11.9 Å². The molecular formula is C13H20N4O7S. The Morgan fingerprint density at radius 1 is 1.20 bits per heavy atom. The number of rotatable bonds is 12. The van der Waals surface area contributed by atoms with Crippen LogP contribution in [0.3, 0.4) is 0 Å². The Hall–Kier alpha value is -2.36. The topological polar surface area (TPSA) is 203 Å². The SMILES string of the molecule is N#CC(O)CSC[C@H](NC(=O)CC[C@H](N)C(=O)O)C(=O)NCC(=O)O. The first kappa shape index (κ1) is 22.6. The van der Waals surface area contributed by atoms with E-state index >= 15 is 0 Å². The number of nitrogens with zero attached hydrogens (tertiary/aromatic N) is 1. The summed E-state index contributed by atoms with van der Waals surface area (Å²) in [6, 6.07) is -0.733. The summed E-state index contributed by atoms with van der Waals surface area (Å²) in [6.45, 7) is -0.638. The molecule has 0 aromatic heterocycles. The highest BCUT2D eigenvalue weighted by molar-refractivity contribution is 7.99. The van der Waals surface area contributed by atoms with Crippen molar-refractivity contribution in [2.75, 3.05) is 18.1 Å². The minimum atomic E-state index is -1.27. The molecule has 12 heteroatoms. The molecule has 0 bridgehead atoms. The zero-order valence-corrected chi connectivity index (χ0v) is 14.0. The average molecular weight is 376 g/mol. The Morgan fingerprint density at radius 2 is 1.84 bits per heavy atom. The third-order valence-electron chi connectivity index (χ3n) is 2.77. The zero-order chi connectivity index (χ0) is 19.4. The number of thioether (sulfide) groups is 1. The lowest BCUT2D eigenvalue weighted by atomic mass is 10.1. The van der Waals surface area contributed by atoms with Crippen LogP contribution in [0.1, 0.15) is 12.8 Å². The summed E-state index contributed by atoms with van der Waals surface area (Å²) >= 11 is 1.01. The molecule has 11 nitrogen and oxygen atoms in total. The number of carboxylic acid groups (broad SMARTS) is 2. The first-order chi connectivity index (χ1) is 11.7. The lowest BCUT2D eigenvalue weighted by Crippen LogP contribution is -2.49. The van der Waals surface area contributed by atoms with Crippen molar-refractivity contribution in [3.05, 3.63) is 0 Å². The van der Waals surface area contributed by atoms with Crippen LogP contribution >= 0.6 is 11.8 Å². The lowest BCUT2D eigenvalue weighted by Gasteiger charge is -2.18. The fourth-order valence-corrected chi connectivity index (χ4v) is 2.38. The number of carbonyl (C=O) groups excluding carboxylic acids is 2. The van der Waals surface area contributed by atoms with Crippen molar-refractivity contribution in [3.8, 4) is 6.07 Å². The third kappa shape index (κ3) is 10.9. The van der Waals surface area contributed by atoms with Crippen molar-refractivity contribution >= 4 is 35.5 Å². The maximum Gasteiger partial charge on any atom is 0.322 e. The van der Waals surface area contributed by atoms with Crippen LogP contribution in [-0.4, -0.2) is 75.3 Å². The first-order valence-corrected chi connectivity index (χ1v) is 8.25. The van der Waals surface area contributed by atoms with Crippen LogP contribution in [0.4, 0.5) is 0 Å². The molecule has 3 atom stereocenters. The van der Waals surface area contributed by atoms with Crippen molar-refractivity contribution in [2.45, 2.75) is 31.0 Å². The highest BCUT2D eigenvalue weighted by Crippen LogP contribution is 2.06. The average Bonchev–Trinajstić information content (AvgIpc) is 2.55. The molecule has 0 saturated heterocycles. The Labute approximate surface area is 147 Å². The van der Waals surface area contributed by atoms with Gasteiger partial charge in [-0.05, 0) is 6.42 Å². The van der Waals surface area contributed by atoms with E-state index in [4.69, 9.17) is 26.3 Å². The minimum absolute atomic E-state index is 0.00102. The van der Waals surface area contributed by atoms with E-state index in [-0.39, 0.29) is 24.3 Å². The first-order valence-electron chi connectivity index (χ1n) is 7.10. The summed E-state index contributed by atoms with van der Waals surface area (Å²) in [5.74, 6) is -3.92. The molecular weight excluding hydrogens is 356 g/mol. The second-order valence-electron chi connectivity index (χ2n) is 4.90. The van der Waals surface area contributed by atoms with E-state index in [1.54, 1.807) is 6.07 Å². The number of nitrogens with two attached hydrogens (primary N) is 1. The predicted octanol–water partition coefficient (Wildman–Crippen LogP) is -2.52. The molecule has 0 radical (unpaired) electrons. The Kier molecular flexibility index (Phi) is 10.9. The number of aliphatic hydroxyl groups excluding tert-OH is 1. The number of amides is 2. The summed E-state index contributed by atoms with van der Waals surface area (Å²) in [4.78, 5) is 44.8. The number of aliphatic hydroxyl groups is 1. The lowest BCUT2D eigenvalue weighted by molar-refractivity contribution is -0.139. The van der Waals surface area contributed by atoms with Crippen molar-refractivity contribution in [2.24, 2.45) is 5.73 Å². The minimum Gasteiger partial charge on any atom is -0.480 e. The molecule has 1 unspecified atom stereocenters. The standard InChI is InChI=1S/C13H20N4O7S/c14-3-7(18)5-25-6-9(12(22)16-4-11(20)21)17-10(19)2-1-8(15)13(23)24/h7-9,18H,1-2,4-6,15H2,(H,16,22)(H,17,19)(H,20,21)(H,23,24)/t7?,8-,9-/m0/s1. The molecule has 0 aliphatic heterocycles. The molecule has 7 N–H and O–H groups in total. The highest BCUT2D eigenvalue weighted by Gasteiger charge is 2.22. The van der Waals surface area contributed by atoms with Gasteiger partial charge < -0.3 is 31.7 Å². The van der Waals surface area contributed by atoms with Crippen LogP contribution in [0, 0.1) is 11.3 Å². The number of hydrogen-bond donors (Lipinski definition) is 6. The summed E-state index contributed by atoms with van der Waals surface area (Å²) in [7, 11) is 0. The maximum absolute atomic E-state index is 11.9. The quantitative estimate of drug-likeness (QED) is 0.197. The van der Waals surface area contributed by atoms with Gasteiger partial charge in [-0.25, -0.2) is 0 Å². The molecule has 2 amide bonds. The van der Waals surface area contributed by atoms with Crippen molar-refractivity contribution < 1.29 is 34.5 Å². The number of nitrogens with one attached hydrogen (secondary N) is 2. The van der Waals surface area contributed by atoms with Gasteiger partial charge in [0.1, 0.15) is 24.7 Å². The van der Waals surface area contributed by atoms with E-state index in [0.717, 1.165) is 11.8 Å². The molecule has 0 rings (SSSR count). The molecule has 0 spiro atoms. The molecule has 25 heavy (non-hydrogen) atoms. The van der Waals surface area contributed by atoms with Gasteiger partial charge in [0, 0.05) is 17.9 Å². The second-order valence-corrected chi connectivity index (χ2v) is 5.97. The van der Waals surface area contributed by atoms with Crippen molar-refractivity contribution in [3.63, 3.8) is 0 Å². The van der Waals surface area contributed by atoms with Gasteiger partial charge in [0.2, 0.25) is 11.8 Å². The largest absolute Gasteiger partial charge is 0.480 e. The van der Waals surface area contributed by atoms with Crippen molar-refractivity contribution in [1.82, 2.24) is 10.6 Å². The van der Waals surface area contributed by atoms with Gasteiger partial charge in [0.15, 0.2) is 0 Å². The van der Waals surface area contributed by atoms with Gasteiger partial charge in [-0.1, -0.05) is 0 Å². The Morgan fingerprint density at radius 3 is 2.36 bits per heavy atom. The van der Waals surface area contributed by atoms with Gasteiger partial charge in [-0.15, -0.1) is 0 Å². The van der Waals surface area contributed by atoms with Crippen LogP contribution in [0.25, 0.3) is 0 Å². The summed E-state index contributed by atoms with van der Waals surface area (Å²) < 4.78 is 0. The fourth-order valence-electron chi connectivity index (χ4n) is 1.48. The molecule has 140 valence electrons. The second kappa shape index (κ2) is 12.1. The molecule has 0 aromatic rings. The van der Waals surface area contributed by atoms with E-state index < -0.39 is 48.5 Å². The van der Waals surface area contributed by atoms with Gasteiger partial charge in [-0.2, -0.15) is 17.0 Å². The number of carboxylic acids is 2. The van der Waals surface area contributed by atoms with Crippen LogP contribution in [0.2, 0.25) is 0 Å². The van der Waals surface area contributed by atoms with E-state index in [1.165, 1.54) is 0 Å². The predicted molar refractivity (Wildman–Crippen MR) is 86.4 cm³/mol. The Bertz CT molecular complexity index is 537. The smallest absolute Gasteiger partial charge is 0.322 e. The number of aliphatic carboxylic acids is 2. The Balaban J connectivity index is 4.61. The van der Waals surface area contributed by atoms with E-state index in [0.29, 0.717) is 0 Å². The molecule has 0 aliphatic carbocycles. The molecule has 0 saturated carbocycles. The molecule has 0 fully saturated rings. The van der Waals surface area contributed by atoms with Crippen LogP contribution in [-0.2, 0) is 19.2 Å². The molecule has 0 heterocycles. The number of nitriles is 1. The zero-order valence-electron chi connectivity index (χ0n) is 13.2. The molecule has 0 aliphatic rings.